The number of anilines is 1. The Morgan fingerprint density at radius 3 is 2.39 bits per heavy atom. The first kappa shape index (κ1) is 14.6. The summed E-state index contributed by atoms with van der Waals surface area (Å²) >= 11 is 5.60. The Labute approximate surface area is 105 Å². The van der Waals surface area contributed by atoms with Gasteiger partial charge in [-0.25, -0.2) is 0 Å². The van der Waals surface area contributed by atoms with Crippen molar-refractivity contribution in [2.24, 2.45) is 0 Å². The molecule has 1 rings (SSSR count). The van der Waals surface area contributed by atoms with Crippen molar-refractivity contribution in [3.05, 3.63) is 23.2 Å². The van der Waals surface area contributed by atoms with E-state index in [-0.39, 0.29) is 16.5 Å². The molecular formula is C10H9ClF3NO3. The molecule has 100 valence electrons. The minimum atomic E-state index is -5.11. The van der Waals surface area contributed by atoms with E-state index in [4.69, 9.17) is 21.8 Å². The predicted molar refractivity (Wildman–Crippen MR) is 58.4 cm³/mol. The average Bonchev–Trinajstić information content (AvgIpc) is 2.20. The van der Waals surface area contributed by atoms with Gasteiger partial charge in [-0.1, -0.05) is 11.6 Å². The Kier molecular flexibility index (Phi) is 3.78. The van der Waals surface area contributed by atoms with Crippen molar-refractivity contribution in [1.29, 1.82) is 0 Å². The lowest BCUT2D eigenvalue weighted by Crippen LogP contribution is -2.52. The summed E-state index contributed by atoms with van der Waals surface area (Å²) in [5.74, 6) is -1.87. The van der Waals surface area contributed by atoms with Crippen molar-refractivity contribution in [2.75, 3.05) is 5.32 Å². The molecule has 1 aromatic rings. The van der Waals surface area contributed by atoms with E-state index in [0.29, 0.717) is 6.92 Å². The maximum Gasteiger partial charge on any atom is 0.426 e. The van der Waals surface area contributed by atoms with Crippen molar-refractivity contribution < 1.29 is 28.2 Å². The molecule has 0 bridgehead atoms. The van der Waals surface area contributed by atoms with Crippen LogP contribution < -0.4 is 5.32 Å². The van der Waals surface area contributed by atoms with Gasteiger partial charge < -0.3 is 15.5 Å². The highest BCUT2D eigenvalue weighted by atomic mass is 35.5. The highest BCUT2D eigenvalue weighted by Crippen LogP contribution is 2.32. The number of phenols is 1. The van der Waals surface area contributed by atoms with E-state index in [1.165, 1.54) is 0 Å². The summed E-state index contributed by atoms with van der Waals surface area (Å²) in [6.45, 7) is 0.330. The first-order chi connectivity index (χ1) is 8.05. The number of carbonyl (C=O) groups is 1. The van der Waals surface area contributed by atoms with Crippen LogP contribution in [0, 0.1) is 0 Å². The van der Waals surface area contributed by atoms with Gasteiger partial charge in [0.15, 0.2) is 0 Å². The largest absolute Gasteiger partial charge is 0.508 e. The molecule has 0 saturated carbocycles. The van der Waals surface area contributed by atoms with Crippen molar-refractivity contribution in [1.82, 2.24) is 0 Å². The third-order valence-corrected chi connectivity index (χ3v) is 2.51. The maximum absolute atomic E-state index is 12.4. The van der Waals surface area contributed by atoms with E-state index in [0.717, 1.165) is 18.2 Å². The minimum absolute atomic E-state index is 0.149. The standard InChI is InChI=1S/C10H9ClF3NO3/c1-9(18,10(12,13)14)8(17)15-7-3-2-5(16)4-6(7)11/h2-4,16,18H,1H3,(H,15,17). The quantitative estimate of drug-likeness (QED) is 0.730. The molecule has 0 saturated heterocycles. The zero-order valence-corrected chi connectivity index (χ0v) is 9.80. The summed E-state index contributed by atoms with van der Waals surface area (Å²) in [5, 5.41) is 19.8. The molecule has 0 heterocycles. The van der Waals surface area contributed by atoms with Crippen LogP contribution in [0.2, 0.25) is 5.02 Å². The molecule has 4 nitrogen and oxygen atoms in total. The molecule has 1 unspecified atom stereocenters. The topological polar surface area (TPSA) is 69.6 Å². The summed E-state index contributed by atoms with van der Waals surface area (Å²) < 4.78 is 37.1. The van der Waals surface area contributed by atoms with Gasteiger partial charge in [0.25, 0.3) is 5.91 Å². The number of hydrogen-bond acceptors (Lipinski definition) is 3. The smallest absolute Gasteiger partial charge is 0.426 e. The molecule has 1 aromatic carbocycles. The Bertz CT molecular complexity index is 474. The van der Waals surface area contributed by atoms with Crippen LogP contribution in [0.25, 0.3) is 0 Å². The van der Waals surface area contributed by atoms with Gasteiger partial charge in [0.1, 0.15) is 5.75 Å². The molecular weight excluding hydrogens is 275 g/mol. The molecule has 0 aliphatic carbocycles. The summed E-state index contributed by atoms with van der Waals surface area (Å²) in [7, 11) is 0. The van der Waals surface area contributed by atoms with Crippen molar-refractivity contribution in [3.63, 3.8) is 0 Å². The first-order valence-electron chi connectivity index (χ1n) is 4.65. The van der Waals surface area contributed by atoms with E-state index in [1.807, 2.05) is 5.32 Å². The number of benzene rings is 1. The maximum atomic E-state index is 12.4. The van der Waals surface area contributed by atoms with Gasteiger partial charge in [-0.3, -0.25) is 4.79 Å². The number of halogens is 4. The van der Waals surface area contributed by atoms with Crippen LogP contribution in [0.1, 0.15) is 6.92 Å². The molecule has 0 aliphatic heterocycles. The molecule has 0 aliphatic rings. The zero-order chi connectivity index (χ0) is 14.1. The van der Waals surface area contributed by atoms with Crippen LogP contribution in [-0.2, 0) is 4.79 Å². The lowest BCUT2D eigenvalue weighted by Gasteiger charge is -2.25. The van der Waals surface area contributed by atoms with Crippen molar-refractivity contribution >= 4 is 23.2 Å². The molecule has 1 amide bonds. The lowest BCUT2D eigenvalue weighted by molar-refractivity contribution is -0.242. The highest BCUT2D eigenvalue weighted by molar-refractivity contribution is 6.33. The van der Waals surface area contributed by atoms with Gasteiger partial charge in [0, 0.05) is 6.07 Å². The number of alkyl halides is 3. The number of rotatable bonds is 2. The molecule has 3 N–H and O–H groups in total. The molecule has 0 aromatic heterocycles. The molecule has 0 fully saturated rings. The number of phenolic OH excluding ortho intramolecular Hbond substituents is 1. The summed E-state index contributed by atoms with van der Waals surface area (Å²) in [5.41, 5.74) is -3.68. The number of amides is 1. The second-order valence-corrected chi connectivity index (χ2v) is 4.10. The zero-order valence-electron chi connectivity index (χ0n) is 9.05. The van der Waals surface area contributed by atoms with Gasteiger partial charge in [0.05, 0.1) is 10.7 Å². The summed E-state index contributed by atoms with van der Waals surface area (Å²) in [4.78, 5) is 11.3. The van der Waals surface area contributed by atoms with Crippen LogP contribution in [0.15, 0.2) is 18.2 Å². The van der Waals surface area contributed by atoms with Crippen LogP contribution in [0.5, 0.6) is 5.75 Å². The van der Waals surface area contributed by atoms with Gasteiger partial charge in [-0.2, -0.15) is 13.2 Å². The minimum Gasteiger partial charge on any atom is -0.508 e. The number of aliphatic hydroxyl groups is 1. The predicted octanol–water partition coefficient (Wildman–Crippen LogP) is 2.30. The molecule has 0 spiro atoms. The van der Waals surface area contributed by atoms with Crippen LogP contribution in [0.4, 0.5) is 18.9 Å². The van der Waals surface area contributed by atoms with Crippen LogP contribution in [-0.4, -0.2) is 27.9 Å². The average molecular weight is 284 g/mol. The first-order valence-corrected chi connectivity index (χ1v) is 5.02. The van der Waals surface area contributed by atoms with Crippen molar-refractivity contribution in [3.8, 4) is 5.75 Å². The fourth-order valence-corrected chi connectivity index (χ4v) is 1.20. The Hall–Kier alpha value is -1.47. The molecule has 0 radical (unpaired) electrons. The number of carbonyl (C=O) groups excluding carboxylic acids is 1. The van der Waals surface area contributed by atoms with Gasteiger partial charge >= 0.3 is 6.18 Å². The Morgan fingerprint density at radius 2 is 1.94 bits per heavy atom. The van der Waals surface area contributed by atoms with Gasteiger partial charge in [-0.15, -0.1) is 0 Å². The molecule has 18 heavy (non-hydrogen) atoms. The van der Waals surface area contributed by atoms with Crippen LogP contribution >= 0.6 is 11.6 Å². The fourth-order valence-electron chi connectivity index (χ4n) is 0.978. The monoisotopic (exact) mass is 283 g/mol. The number of nitrogens with one attached hydrogen (secondary N) is 1. The fraction of sp³-hybridized carbons (Fsp3) is 0.300. The third kappa shape index (κ3) is 2.85. The van der Waals surface area contributed by atoms with E-state index in [9.17, 15) is 18.0 Å². The highest BCUT2D eigenvalue weighted by Gasteiger charge is 2.55. The molecule has 1 atom stereocenters. The summed E-state index contributed by atoms with van der Waals surface area (Å²) in [6, 6.07) is 3.28. The van der Waals surface area contributed by atoms with Crippen molar-refractivity contribution in [2.45, 2.75) is 18.7 Å². The van der Waals surface area contributed by atoms with Gasteiger partial charge in [0.2, 0.25) is 5.60 Å². The normalized spacial score (nSPS) is 15.0. The summed E-state index contributed by atoms with van der Waals surface area (Å²) in [6.07, 6.45) is -5.11. The number of hydrogen-bond donors (Lipinski definition) is 3. The van der Waals surface area contributed by atoms with E-state index >= 15 is 0 Å². The lowest BCUT2D eigenvalue weighted by atomic mass is 10.1. The van der Waals surface area contributed by atoms with E-state index in [2.05, 4.69) is 0 Å². The second-order valence-electron chi connectivity index (χ2n) is 3.69. The van der Waals surface area contributed by atoms with Crippen LogP contribution in [0.3, 0.4) is 0 Å². The Balaban J connectivity index is 2.95. The van der Waals surface area contributed by atoms with E-state index in [1.54, 1.807) is 0 Å². The SMILES string of the molecule is CC(O)(C(=O)Nc1ccc(O)cc1Cl)C(F)(F)F. The number of aromatic hydroxyl groups is 1. The Morgan fingerprint density at radius 1 is 1.39 bits per heavy atom. The van der Waals surface area contributed by atoms with E-state index < -0.39 is 17.7 Å². The second kappa shape index (κ2) is 4.66. The van der Waals surface area contributed by atoms with Gasteiger partial charge in [-0.05, 0) is 19.1 Å². The molecule has 8 heteroatoms. The third-order valence-electron chi connectivity index (χ3n) is 2.19.